The Balaban J connectivity index is 1.10. The van der Waals surface area contributed by atoms with Crippen LogP contribution in [0.25, 0.3) is 11.1 Å². The number of rotatable bonds is 19. The number of pyridine rings is 1. The molecule has 260 valence electrons. The van der Waals surface area contributed by atoms with Crippen molar-refractivity contribution in [3.8, 4) is 16.9 Å². The quantitative estimate of drug-likeness (QED) is 0.0803. The van der Waals surface area contributed by atoms with Crippen LogP contribution >= 0.6 is 23.4 Å². The highest BCUT2D eigenvalue weighted by molar-refractivity contribution is 7.99. The van der Waals surface area contributed by atoms with Crippen molar-refractivity contribution < 1.29 is 35.1 Å². The van der Waals surface area contributed by atoms with Crippen molar-refractivity contribution in [1.29, 1.82) is 0 Å². The number of halogens is 1. The van der Waals surface area contributed by atoms with Gasteiger partial charge in [-0.15, -0.1) is 11.8 Å². The molecule has 2 aliphatic carbocycles. The molecule has 0 radical (unpaired) electrons. The maximum Gasteiger partial charge on any atom is 0.222 e. The Morgan fingerprint density at radius 1 is 1.06 bits per heavy atom. The van der Waals surface area contributed by atoms with Crippen LogP contribution in [0.5, 0.6) is 5.75 Å². The molecule has 5 rings (SSSR count). The lowest BCUT2D eigenvalue weighted by Gasteiger charge is -2.28. The molecule has 2 saturated carbocycles. The fraction of sp³-hybridized carbons (Fsp3) is 0.500. The largest absolute Gasteiger partial charge is 0.490 e. The van der Waals surface area contributed by atoms with Crippen molar-refractivity contribution in [3.63, 3.8) is 0 Å². The summed E-state index contributed by atoms with van der Waals surface area (Å²) in [5, 5.41) is 52.8. The van der Waals surface area contributed by atoms with Gasteiger partial charge in [-0.05, 0) is 91.3 Å². The van der Waals surface area contributed by atoms with E-state index in [9.17, 15) is 25.2 Å². The smallest absolute Gasteiger partial charge is 0.222 e. The number of hydrogen-bond acceptors (Lipinski definition) is 10. The van der Waals surface area contributed by atoms with Crippen molar-refractivity contribution in [2.75, 3.05) is 26.0 Å². The molecule has 1 aromatic heterocycles. The third-order valence-electron chi connectivity index (χ3n) is 8.98. The van der Waals surface area contributed by atoms with Gasteiger partial charge in [0.25, 0.3) is 0 Å². The van der Waals surface area contributed by atoms with E-state index in [0.717, 1.165) is 65.2 Å². The molecule has 2 aliphatic rings. The predicted molar refractivity (Wildman–Crippen MR) is 186 cm³/mol. The van der Waals surface area contributed by atoms with Crippen LogP contribution in [-0.2, 0) is 16.9 Å². The van der Waals surface area contributed by atoms with Gasteiger partial charge >= 0.3 is 0 Å². The molecule has 3 aromatic rings. The first kappa shape index (κ1) is 36.5. The van der Waals surface area contributed by atoms with Crippen molar-refractivity contribution in [1.82, 2.24) is 15.2 Å². The summed E-state index contributed by atoms with van der Waals surface area (Å²) in [4.78, 5) is 19.4. The molecule has 2 aromatic carbocycles. The number of nitrogens with one attached hydrogen (secondary N) is 1. The molecular weight excluding hydrogens is 654 g/mol. The van der Waals surface area contributed by atoms with Crippen LogP contribution in [0, 0.1) is 0 Å². The molecule has 2 fully saturated rings. The first-order valence-corrected chi connectivity index (χ1v) is 17.9. The predicted octanol–water partition coefficient (Wildman–Crippen LogP) is 3.88. The zero-order valence-electron chi connectivity index (χ0n) is 27.2. The molecule has 12 heteroatoms. The summed E-state index contributed by atoms with van der Waals surface area (Å²) in [6, 6.07) is 16.4. The van der Waals surface area contributed by atoms with E-state index >= 15 is 0 Å². The number of unbranched alkanes of at least 4 members (excludes halogenated alkanes) is 1. The van der Waals surface area contributed by atoms with Crippen LogP contribution in [0.4, 0.5) is 0 Å². The normalized spacial score (nSPS) is 17.7. The summed E-state index contributed by atoms with van der Waals surface area (Å²) >= 11 is 8.35. The minimum atomic E-state index is -1.72. The summed E-state index contributed by atoms with van der Waals surface area (Å²) < 4.78 is 6.25. The monoisotopic (exact) mass is 699 g/mol. The van der Waals surface area contributed by atoms with Crippen LogP contribution < -0.4 is 10.1 Å². The molecule has 4 unspecified atom stereocenters. The van der Waals surface area contributed by atoms with Gasteiger partial charge in [-0.2, -0.15) is 0 Å². The van der Waals surface area contributed by atoms with Gasteiger partial charge in [0.2, 0.25) is 5.91 Å². The van der Waals surface area contributed by atoms with E-state index in [1.54, 1.807) is 11.8 Å². The number of nitrogens with zero attached hydrogens (tertiary/aromatic N) is 2. The molecule has 0 bridgehead atoms. The topological polar surface area (TPSA) is 156 Å². The van der Waals surface area contributed by atoms with Gasteiger partial charge < -0.3 is 40.5 Å². The number of para-hydroxylation sites is 1. The summed E-state index contributed by atoms with van der Waals surface area (Å²) in [7, 11) is 1.51. The molecule has 10 nitrogen and oxygen atoms in total. The maximum absolute atomic E-state index is 12.5. The highest BCUT2D eigenvalue weighted by atomic mass is 35.5. The Hall–Kier alpha value is -2.74. The van der Waals surface area contributed by atoms with E-state index in [-0.39, 0.29) is 24.4 Å². The number of hydrogen-bond donors (Lipinski definition) is 6. The summed E-state index contributed by atoms with van der Waals surface area (Å²) in [6.45, 7) is -0.359. The number of aliphatic hydroxyl groups is 5. The lowest BCUT2D eigenvalue weighted by atomic mass is 9.94. The fourth-order valence-electron chi connectivity index (χ4n) is 5.69. The number of likely N-dealkylation sites (N-methyl/N-ethyl adjacent to an activating group) is 1. The van der Waals surface area contributed by atoms with Gasteiger partial charge in [-0.3, -0.25) is 9.78 Å². The molecule has 0 spiro atoms. The zero-order valence-corrected chi connectivity index (χ0v) is 28.7. The van der Waals surface area contributed by atoms with Gasteiger partial charge in [0, 0.05) is 60.0 Å². The molecule has 1 heterocycles. The number of aromatic nitrogens is 1. The lowest BCUT2D eigenvalue weighted by molar-refractivity contribution is -0.138. The minimum Gasteiger partial charge on any atom is -0.490 e. The molecular formula is C36H46ClN3O7S. The van der Waals surface area contributed by atoms with Gasteiger partial charge in [-0.1, -0.05) is 29.8 Å². The van der Waals surface area contributed by atoms with Crippen LogP contribution in [0.1, 0.15) is 56.1 Å². The Kier molecular flexibility index (Phi) is 12.8. The van der Waals surface area contributed by atoms with Gasteiger partial charge in [0.05, 0.1) is 12.7 Å². The molecule has 48 heavy (non-hydrogen) atoms. The van der Waals surface area contributed by atoms with Gasteiger partial charge in [0.1, 0.15) is 30.2 Å². The van der Waals surface area contributed by atoms with Crippen molar-refractivity contribution in [2.45, 2.75) is 92.4 Å². The third-order valence-corrected chi connectivity index (χ3v) is 10.4. The Morgan fingerprint density at radius 2 is 1.81 bits per heavy atom. The fourth-order valence-corrected chi connectivity index (χ4v) is 6.85. The van der Waals surface area contributed by atoms with Crippen molar-refractivity contribution in [2.24, 2.45) is 0 Å². The van der Waals surface area contributed by atoms with Gasteiger partial charge in [-0.25, -0.2) is 0 Å². The van der Waals surface area contributed by atoms with E-state index in [0.29, 0.717) is 24.1 Å². The third kappa shape index (κ3) is 9.48. The van der Waals surface area contributed by atoms with Crippen LogP contribution in [0.2, 0.25) is 5.02 Å². The number of thioether (sulfide) groups is 1. The molecule has 4 atom stereocenters. The Labute approximate surface area is 291 Å². The molecule has 1 amide bonds. The van der Waals surface area contributed by atoms with E-state index in [1.807, 2.05) is 42.7 Å². The van der Waals surface area contributed by atoms with Crippen molar-refractivity contribution >= 4 is 29.3 Å². The SMILES string of the molecule is CN(CC(O)C(O)C(O)C(O)CO)C(=O)CCCCSc1ccc(Cl)c(CNC2(c3cnccc3-c3ccccc3OC3CC3)CC2)c1. The second-order valence-electron chi connectivity index (χ2n) is 12.8. The molecule has 0 saturated heterocycles. The maximum atomic E-state index is 12.5. The first-order chi connectivity index (χ1) is 23.1. The molecule has 0 aliphatic heterocycles. The number of aliphatic hydroxyl groups excluding tert-OH is 5. The van der Waals surface area contributed by atoms with Crippen LogP contribution in [0.3, 0.4) is 0 Å². The highest BCUT2D eigenvalue weighted by Gasteiger charge is 2.46. The van der Waals surface area contributed by atoms with Crippen LogP contribution in [-0.4, -0.2) is 97.8 Å². The number of amides is 1. The summed E-state index contributed by atoms with van der Waals surface area (Å²) in [5.74, 6) is 1.52. The zero-order chi connectivity index (χ0) is 34.3. The average Bonchev–Trinajstić information content (AvgIpc) is 4.05. The second kappa shape index (κ2) is 16.8. The lowest BCUT2D eigenvalue weighted by Crippen LogP contribution is -2.49. The van der Waals surface area contributed by atoms with E-state index in [1.165, 1.54) is 17.5 Å². The standard InChI is InChI=1S/C36H46ClN3O7S/c1-40(21-30(42)34(45)35(46)31(43)22-41)33(44)8-4-5-17-48-25-11-12-29(37)23(18-25)19-39-36(14-15-36)28-20-38-16-13-26(28)27-6-2-3-7-32(27)47-24-9-10-24/h2-3,6-7,11-13,16,18,20,24,30-31,34-35,39,41-43,45-46H,4-5,8-10,14-15,17,19,21-22H2,1H3. The summed E-state index contributed by atoms with van der Waals surface area (Å²) in [5.41, 5.74) is 4.23. The Morgan fingerprint density at radius 3 is 2.54 bits per heavy atom. The van der Waals surface area contributed by atoms with E-state index < -0.39 is 31.0 Å². The summed E-state index contributed by atoms with van der Waals surface area (Å²) in [6.07, 6.45) is 3.57. The number of ether oxygens (including phenoxy) is 1. The van der Waals surface area contributed by atoms with E-state index in [2.05, 4.69) is 28.5 Å². The highest BCUT2D eigenvalue weighted by Crippen LogP contribution is 2.50. The first-order valence-electron chi connectivity index (χ1n) is 16.6. The number of carbonyl (C=O) groups is 1. The van der Waals surface area contributed by atoms with Crippen molar-refractivity contribution in [3.05, 3.63) is 77.1 Å². The number of carbonyl (C=O) groups excluding carboxylic acids is 1. The van der Waals surface area contributed by atoms with Crippen LogP contribution in [0.15, 0.2) is 65.8 Å². The second-order valence-corrected chi connectivity index (χ2v) is 14.4. The minimum absolute atomic E-state index is 0.183. The molecule has 6 N–H and O–H groups in total. The van der Waals surface area contributed by atoms with Gasteiger partial charge in [0.15, 0.2) is 0 Å². The van der Waals surface area contributed by atoms with E-state index in [4.69, 9.17) is 21.4 Å². The average molecular weight is 700 g/mol. The Bertz CT molecular complexity index is 1520. The number of benzene rings is 2.